The molecule has 0 unspecified atom stereocenters. The van der Waals surface area contributed by atoms with Gasteiger partial charge < -0.3 is 10.4 Å². The molecule has 0 atom stereocenters. The van der Waals surface area contributed by atoms with E-state index < -0.39 is 5.97 Å². The first-order valence-corrected chi connectivity index (χ1v) is 10.6. The molecule has 3 rings (SSSR count). The summed E-state index contributed by atoms with van der Waals surface area (Å²) in [6, 6.07) is 13.4. The molecule has 2 amide bonds. The van der Waals surface area contributed by atoms with Crippen LogP contribution in [0.5, 0.6) is 0 Å². The molecule has 1 aliphatic heterocycles. The van der Waals surface area contributed by atoms with Crippen molar-refractivity contribution in [2.75, 3.05) is 11.9 Å². The second kappa shape index (κ2) is 9.88. The lowest BCUT2D eigenvalue weighted by molar-refractivity contribution is -0.122. The number of para-hydroxylation sites is 1. The zero-order valence-electron chi connectivity index (χ0n) is 15.6. The van der Waals surface area contributed by atoms with Gasteiger partial charge >= 0.3 is 5.97 Å². The first kappa shape index (κ1) is 22.0. The molecule has 1 fully saturated rings. The highest BCUT2D eigenvalue weighted by Gasteiger charge is 2.31. The van der Waals surface area contributed by atoms with Crippen molar-refractivity contribution in [3.05, 3.63) is 69.6 Å². The lowest BCUT2D eigenvalue weighted by Gasteiger charge is -2.14. The third-order valence-electron chi connectivity index (χ3n) is 4.28. The Morgan fingerprint density at radius 1 is 1.17 bits per heavy atom. The summed E-state index contributed by atoms with van der Waals surface area (Å²) in [5, 5.41) is 12.3. The molecule has 0 spiro atoms. The lowest BCUT2D eigenvalue weighted by atomic mass is 10.1. The van der Waals surface area contributed by atoms with Gasteiger partial charge in [0.05, 0.1) is 16.2 Å². The summed E-state index contributed by atoms with van der Waals surface area (Å²) >= 11 is 12.6. The fourth-order valence-corrected chi connectivity index (χ4v) is 4.30. The van der Waals surface area contributed by atoms with Crippen LogP contribution in [-0.4, -0.2) is 38.7 Å². The van der Waals surface area contributed by atoms with Gasteiger partial charge in [-0.15, -0.1) is 0 Å². The summed E-state index contributed by atoms with van der Waals surface area (Å²) in [4.78, 5) is 38.0. The third-order valence-corrected chi connectivity index (χ3v) is 6.00. The Morgan fingerprint density at radius 3 is 2.60 bits per heavy atom. The highest BCUT2D eigenvalue weighted by molar-refractivity contribution is 8.26. The summed E-state index contributed by atoms with van der Waals surface area (Å²) in [6.07, 6.45) is 2.21. The highest BCUT2D eigenvalue weighted by Crippen LogP contribution is 2.33. The number of carbonyl (C=O) groups is 3. The third kappa shape index (κ3) is 5.27. The normalized spacial score (nSPS) is 15.0. The van der Waals surface area contributed by atoms with Crippen LogP contribution in [-0.2, 0) is 9.59 Å². The van der Waals surface area contributed by atoms with Crippen LogP contribution in [0, 0.1) is 0 Å². The van der Waals surface area contributed by atoms with Gasteiger partial charge in [-0.2, -0.15) is 0 Å². The van der Waals surface area contributed by atoms with Crippen molar-refractivity contribution >= 4 is 69.4 Å². The number of nitrogens with zero attached hydrogens (tertiary/aromatic N) is 1. The molecule has 2 aromatic rings. The number of hydrogen-bond donors (Lipinski definition) is 2. The minimum Gasteiger partial charge on any atom is -0.478 e. The number of benzene rings is 2. The summed E-state index contributed by atoms with van der Waals surface area (Å²) < 4.78 is 0.426. The van der Waals surface area contributed by atoms with E-state index in [0.717, 1.165) is 5.56 Å². The SMILES string of the molecule is O=C(CCCN1C(=O)/C(=C/c2ccccc2Cl)SC1=S)Nc1ccccc1C(=O)O. The number of halogens is 1. The Balaban J connectivity index is 1.57. The number of nitrogens with one attached hydrogen (secondary N) is 1. The molecular formula is C21H17ClN2O4S2. The fraction of sp³-hybridized carbons (Fsp3) is 0.143. The van der Waals surface area contributed by atoms with Gasteiger partial charge in [0.2, 0.25) is 5.91 Å². The maximum Gasteiger partial charge on any atom is 0.337 e. The number of anilines is 1. The fourth-order valence-electron chi connectivity index (χ4n) is 2.82. The van der Waals surface area contributed by atoms with Gasteiger partial charge in [0.15, 0.2) is 0 Å². The number of aromatic carboxylic acids is 1. The van der Waals surface area contributed by atoms with Crippen LogP contribution in [0.3, 0.4) is 0 Å². The first-order valence-electron chi connectivity index (χ1n) is 8.99. The molecule has 154 valence electrons. The Bertz CT molecular complexity index is 1050. The number of hydrogen-bond acceptors (Lipinski definition) is 5. The molecule has 0 aromatic heterocycles. The van der Waals surface area contributed by atoms with E-state index in [9.17, 15) is 19.5 Å². The summed E-state index contributed by atoms with van der Waals surface area (Å²) in [6.45, 7) is 0.290. The summed E-state index contributed by atoms with van der Waals surface area (Å²) in [5.41, 5.74) is 0.993. The van der Waals surface area contributed by atoms with Gasteiger partial charge in [-0.1, -0.05) is 65.9 Å². The number of amides is 2. The van der Waals surface area contributed by atoms with E-state index in [0.29, 0.717) is 27.2 Å². The molecule has 30 heavy (non-hydrogen) atoms. The van der Waals surface area contributed by atoms with Gasteiger partial charge in [-0.05, 0) is 36.3 Å². The van der Waals surface area contributed by atoms with E-state index in [2.05, 4.69) is 5.32 Å². The van der Waals surface area contributed by atoms with E-state index in [4.69, 9.17) is 23.8 Å². The molecular weight excluding hydrogens is 444 g/mol. The minimum absolute atomic E-state index is 0.0208. The van der Waals surface area contributed by atoms with Crippen LogP contribution in [0.2, 0.25) is 5.02 Å². The Hall–Kier alpha value is -2.68. The van der Waals surface area contributed by atoms with E-state index >= 15 is 0 Å². The van der Waals surface area contributed by atoms with Crippen molar-refractivity contribution in [1.82, 2.24) is 4.90 Å². The number of carboxylic acid groups (broad SMARTS) is 1. The van der Waals surface area contributed by atoms with Crippen LogP contribution in [0.1, 0.15) is 28.8 Å². The molecule has 6 nitrogen and oxygen atoms in total. The van der Waals surface area contributed by atoms with Crippen molar-refractivity contribution in [2.45, 2.75) is 12.8 Å². The first-order chi connectivity index (χ1) is 14.4. The molecule has 9 heteroatoms. The highest BCUT2D eigenvalue weighted by atomic mass is 35.5. The van der Waals surface area contributed by atoms with E-state index in [-0.39, 0.29) is 29.5 Å². The van der Waals surface area contributed by atoms with E-state index in [1.54, 1.807) is 24.3 Å². The average molecular weight is 461 g/mol. The Labute approximate surface area is 187 Å². The van der Waals surface area contributed by atoms with Gasteiger partial charge in [-0.25, -0.2) is 4.79 Å². The van der Waals surface area contributed by atoms with E-state index in [1.807, 2.05) is 18.2 Å². The van der Waals surface area contributed by atoms with Crippen molar-refractivity contribution < 1.29 is 19.5 Å². The average Bonchev–Trinajstić information content (AvgIpc) is 2.97. The number of carboxylic acids is 1. The molecule has 0 radical (unpaired) electrons. The molecule has 0 bridgehead atoms. The number of thioether (sulfide) groups is 1. The number of rotatable bonds is 7. The maximum atomic E-state index is 12.7. The standard InChI is InChI=1S/C21H17ClN2O4S2/c22-15-8-3-1-6-13(15)12-17-19(26)24(21(29)30-17)11-5-10-18(25)23-16-9-4-2-7-14(16)20(27)28/h1-4,6-9,12H,5,10-11H2,(H,23,25)(H,27,28)/b17-12-. The molecule has 1 heterocycles. The van der Waals surface area contributed by atoms with Crippen LogP contribution in [0.4, 0.5) is 5.69 Å². The van der Waals surface area contributed by atoms with Crippen molar-refractivity contribution in [3.63, 3.8) is 0 Å². The van der Waals surface area contributed by atoms with Gasteiger partial charge in [0.25, 0.3) is 5.91 Å². The van der Waals surface area contributed by atoms with Gasteiger partial charge in [-0.3, -0.25) is 14.5 Å². The Morgan fingerprint density at radius 2 is 1.87 bits per heavy atom. The number of thiocarbonyl (C=S) groups is 1. The molecule has 2 N–H and O–H groups in total. The van der Waals surface area contributed by atoms with Crippen molar-refractivity contribution in [2.24, 2.45) is 0 Å². The van der Waals surface area contributed by atoms with Crippen LogP contribution >= 0.6 is 35.6 Å². The molecule has 1 saturated heterocycles. The Kier molecular flexibility index (Phi) is 7.25. The molecule has 0 saturated carbocycles. The predicted molar refractivity (Wildman–Crippen MR) is 123 cm³/mol. The topological polar surface area (TPSA) is 86.7 Å². The zero-order chi connectivity index (χ0) is 21.7. The number of carbonyl (C=O) groups excluding carboxylic acids is 2. The largest absolute Gasteiger partial charge is 0.478 e. The summed E-state index contributed by atoms with van der Waals surface area (Å²) in [7, 11) is 0. The maximum absolute atomic E-state index is 12.7. The smallest absolute Gasteiger partial charge is 0.337 e. The molecule has 0 aliphatic carbocycles. The molecule has 1 aliphatic rings. The van der Waals surface area contributed by atoms with Crippen molar-refractivity contribution in [3.8, 4) is 0 Å². The van der Waals surface area contributed by atoms with Gasteiger partial charge in [0.1, 0.15) is 4.32 Å². The second-order valence-corrected chi connectivity index (χ2v) is 8.44. The quantitative estimate of drug-likeness (QED) is 0.461. The van der Waals surface area contributed by atoms with E-state index in [1.165, 1.54) is 28.8 Å². The van der Waals surface area contributed by atoms with Crippen LogP contribution in [0.15, 0.2) is 53.4 Å². The summed E-state index contributed by atoms with van der Waals surface area (Å²) in [5.74, 6) is -1.67. The van der Waals surface area contributed by atoms with Crippen LogP contribution in [0.25, 0.3) is 6.08 Å². The predicted octanol–water partition coefficient (Wildman–Crippen LogP) is 4.66. The monoisotopic (exact) mass is 460 g/mol. The molecule has 2 aromatic carbocycles. The minimum atomic E-state index is -1.12. The zero-order valence-corrected chi connectivity index (χ0v) is 18.0. The van der Waals surface area contributed by atoms with Crippen molar-refractivity contribution in [1.29, 1.82) is 0 Å². The second-order valence-electron chi connectivity index (χ2n) is 6.36. The van der Waals surface area contributed by atoms with Crippen LogP contribution < -0.4 is 5.32 Å². The van der Waals surface area contributed by atoms with Gasteiger partial charge in [0, 0.05) is 18.0 Å². The lowest BCUT2D eigenvalue weighted by Crippen LogP contribution is -2.29.